The molecule has 2 aromatic rings. The van der Waals surface area contributed by atoms with Crippen molar-refractivity contribution in [2.45, 2.75) is 13.8 Å². The van der Waals surface area contributed by atoms with Gasteiger partial charge in [-0.2, -0.15) is 0 Å². The maximum atomic E-state index is 11.3. The molecular weight excluding hydrogens is 304 g/mol. The van der Waals surface area contributed by atoms with E-state index in [1.54, 1.807) is 0 Å². The Morgan fingerprint density at radius 1 is 0.955 bits per heavy atom. The number of nitrogens with zero attached hydrogens (tertiary/aromatic N) is 6. The van der Waals surface area contributed by atoms with Gasteiger partial charge in [-0.15, -0.1) is 0 Å². The van der Waals surface area contributed by atoms with E-state index >= 15 is 0 Å². The first-order chi connectivity index (χ1) is 10.4. The Hall–Kier alpha value is -3.58. The van der Waals surface area contributed by atoms with Gasteiger partial charge in [-0.1, -0.05) is 9.81 Å². The van der Waals surface area contributed by atoms with Crippen molar-refractivity contribution in [1.29, 1.82) is 0 Å². The van der Waals surface area contributed by atoms with Gasteiger partial charge in [0.25, 0.3) is 0 Å². The minimum Gasteiger partial charge on any atom is -0.390 e. The Balaban J connectivity index is 2.33. The second-order valence-electron chi connectivity index (χ2n) is 3.77. The van der Waals surface area contributed by atoms with E-state index in [9.17, 15) is 20.0 Å². The minimum absolute atomic E-state index is 0.143. The van der Waals surface area contributed by atoms with Gasteiger partial charge in [0.15, 0.2) is 0 Å². The predicted molar refractivity (Wildman–Crippen MR) is 63.7 cm³/mol. The largest absolute Gasteiger partial charge is 0.401 e. The van der Waals surface area contributed by atoms with Crippen LogP contribution in [0.1, 0.15) is 13.8 Å². The molecule has 0 atom stereocenters. The van der Waals surface area contributed by atoms with Gasteiger partial charge in [-0.05, 0) is 10.3 Å². The van der Waals surface area contributed by atoms with Crippen molar-refractivity contribution in [3.63, 3.8) is 0 Å². The number of amides is 2. The van der Waals surface area contributed by atoms with E-state index < -0.39 is 23.5 Å². The molecule has 0 saturated heterocycles. The van der Waals surface area contributed by atoms with Gasteiger partial charge < -0.3 is 19.7 Å². The van der Waals surface area contributed by atoms with Gasteiger partial charge in [-0.25, -0.2) is 0 Å². The van der Waals surface area contributed by atoms with Crippen LogP contribution in [0.15, 0.2) is 19.5 Å². The third kappa shape index (κ3) is 3.11. The summed E-state index contributed by atoms with van der Waals surface area (Å²) < 4.78 is 8.48. The molecule has 0 aliphatic carbocycles. The lowest BCUT2D eigenvalue weighted by Gasteiger charge is -1.91. The fraction of sp³-hybridized carbons (Fsp3) is 0.250. The smallest absolute Gasteiger partial charge is 0.390 e. The van der Waals surface area contributed by atoms with Gasteiger partial charge in [0.1, 0.15) is 0 Å². The van der Waals surface area contributed by atoms with Crippen LogP contribution in [0, 0.1) is 10.4 Å². The molecule has 2 aromatic heterocycles. The zero-order chi connectivity index (χ0) is 16.3. The van der Waals surface area contributed by atoms with Crippen molar-refractivity contribution in [2.24, 2.45) is 10.2 Å². The summed E-state index contributed by atoms with van der Waals surface area (Å²) in [7, 11) is 0. The first-order valence-corrected chi connectivity index (χ1v) is 5.55. The zero-order valence-corrected chi connectivity index (χ0v) is 11.1. The first-order valence-electron chi connectivity index (χ1n) is 5.55. The SMILES string of the molecule is CC(=O)Nc1no[n+]([O-])c1N=Nc1c(NC(C)=O)no[n+]1[O-]. The lowest BCUT2D eigenvalue weighted by Crippen LogP contribution is -2.23. The molecule has 0 aromatic carbocycles. The highest BCUT2D eigenvalue weighted by Gasteiger charge is 2.26. The number of carbonyl (C=O) groups is 2. The minimum atomic E-state index is -0.534. The second kappa shape index (κ2) is 5.81. The molecule has 0 spiro atoms. The average molecular weight is 312 g/mol. The fourth-order valence-electron chi connectivity index (χ4n) is 1.24. The number of hydrogen-bond donors (Lipinski definition) is 2. The normalized spacial score (nSPS) is 10.8. The zero-order valence-electron chi connectivity index (χ0n) is 11.1. The summed E-state index contributed by atoms with van der Waals surface area (Å²) in [6.07, 6.45) is 0. The number of aromatic nitrogens is 4. The summed E-state index contributed by atoms with van der Waals surface area (Å²) in [6.45, 7) is 2.34. The summed E-state index contributed by atoms with van der Waals surface area (Å²) in [5.41, 5.74) is 0. The van der Waals surface area contributed by atoms with Gasteiger partial charge in [0.2, 0.25) is 11.8 Å². The lowest BCUT2D eigenvalue weighted by atomic mass is 10.6. The summed E-state index contributed by atoms with van der Waals surface area (Å²) in [6, 6.07) is 0. The monoisotopic (exact) mass is 312 g/mol. The van der Waals surface area contributed by atoms with E-state index in [-0.39, 0.29) is 21.4 Å². The molecule has 22 heavy (non-hydrogen) atoms. The number of azo groups is 1. The van der Waals surface area contributed by atoms with Crippen LogP contribution in [-0.4, -0.2) is 22.1 Å². The lowest BCUT2D eigenvalue weighted by molar-refractivity contribution is -0.793. The summed E-state index contributed by atoms with van der Waals surface area (Å²) >= 11 is 0. The molecule has 2 N–H and O–H groups in total. The highest BCUT2D eigenvalue weighted by atomic mass is 16.8. The van der Waals surface area contributed by atoms with E-state index in [1.165, 1.54) is 13.8 Å². The summed E-state index contributed by atoms with van der Waals surface area (Å²) in [5, 5.41) is 40.3. The van der Waals surface area contributed by atoms with Crippen molar-refractivity contribution in [3.8, 4) is 0 Å². The molecule has 0 bridgehead atoms. The predicted octanol–water partition coefficient (Wildman–Crippen LogP) is -0.738. The van der Waals surface area contributed by atoms with Crippen LogP contribution in [0.5, 0.6) is 0 Å². The van der Waals surface area contributed by atoms with E-state index in [2.05, 4.69) is 40.4 Å². The number of nitrogens with one attached hydrogen (secondary N) is 2. The van der Waals surface area contributed by atoms with E-state index in [0.717, 1.165) is 0 Å². The molecule has 0 aliphatic rings. The molecular formula is C8H8N8O6. The molecule has 0 aliphatic heterocycles. The Bertz CT molecular complexity index is 686. The van der Waals surface area contributed by atoms with Gasteiger partial charge in [0.05, 0.1) is 10.2 Å². The Kier molecular flexibility index (Phi) is 3.92. The number of anilines is 2. The van der Waals surface area contributed by atoms with Crippen molar-refractivity contribution in [1.82, 2.24) is 10.3 Å². The van der Waals surface area contributed by atoms with Crippen molar-refractivity contribution >= 4 is 35.1 Å². The quantitative estimate of drug-likeness (QED) is 0.544. The molecule has 0 radical (unpaired) electrons. The van der Waals surface area contributed by atoms with Crippen LogP contribution in [0.2, 0.25) is 0 Å². The summed E-state index contributed by atoms with van der Waals surface area (Å²) in [4.78, 5) is 21.6. The fourth-order valence-corrected chi connectivity index (χ4v) is 1.24. The van der Waals surface area contributed by atoms with Crippen LogP contribution in [0.4, 0.5) is 23.3 Å². The van der Waals surface area contributed by atoms with E-state index in [0.29, 0.717) is 0 Å². The third-order valence-electron chi connectivity index (χ3n) is 2.01. The number of carbonyl (C=O) groups excluding carboxylic acids is 2. The van der Waals surface area contributed by atoms with Crippen LogP contribution in [0.25, 0.3) is 0 Å². The maximum Gasteiger partial charge on any atom is 0.401 e. The molecule has 116 valence electrons. The standard InChI is InChI=1S/C8H8N8O6/c1-3(17)9-5-7(15(19)21-13-5)11-12-8-6(10-4(2)18)14-22-16(8)20/h1-2H3,(H,9,13,17)(H,10,14,18). The molecule has 2 amide bonds. The molecule has 2 rings (SSSR count). The molecule has 2 heterocycles. The Labute approximate surface area is 120 Å². The van der Waals surface area contributed by atoms with Gasteiger partial charge in [0, 0.05) is 13.8 Å². The first kappa shape index (κ1) is 14.8. The Morgan fingerprint density at radius 2 is 1.32 bits per heavy atom. The van der Waals surface area contributed by atoms with Crippen LogP contribution >= 0.6 is 0 Å². The van der Waals surface area contributed by atoms with Crippen LogP contribution in [-0.2, 0) is 9.59 Å². The van der Waals surface area contributed by atoms with E-state index in [1.807, 2.05) is 0 Å². The number of rotatable bonds is 4. The van der Waals surface area contributed by atoms with Gasteiger partial charge in [-0.3, -0.25) is 20.2 Å². The second-order valence-corrected chi connectivity index (χ2v) is 3.77. The van der Waals surface area contributed by atoms with E-state index in [4.69, 9.17) is 0 Å². The summed E-state index contributed by atoms with van der Waals surface area (Å²) in [5.74, 6) is -2.72. The van der Waals surface area contributed by atoms with Crippen LogP contribution in [0.3, 0.4) is 0 Å². The topological polar surface area (TPSA) is 189 Å². The molecule has 14 heteroatoms. The molecule has 0 unspecified atom stereocenters. The average Bonchev–Trinajstić information content (AvgIpc) is 2.92. The molecule has 0 saturated carbocycles. The van der Waals surface area contributed by atoms with Gasteiger partial charge >= 0.3 is 23.3 Å². The number of hydrogen-bond acceptors (Lipinski definition) is 10. The third-order valence-corrected chi connectivity index (χ3v) is 2.01. The van der Waals surface area contributed by atoms with Crippen molar-refractivity contribution < 1.29 is 28.7 Å². The highest BCUT2D eigenvalue weighted by molar-refractivity contribution is 5.90. The maximum absolute atomic E-state index is 11.3. The molecule has 0 fully saturated rings. The molecule has 14 nitrogen and oxygen atoms in total. The van der Waals surface area contributed by atoms with Crippen LogP contribution < -0.4 is 20.4 Å². The van der Waals surface area contributed by atoms with Crippen molar-refractivity contribution in [2.75, 3.05) is 10.6 Å². The highest BCUT2D eigenvalue weighted by Crippen LogP contribution is 2.23. The Morgan fingerprint density at radius 3 is 1.64 bits per heavy atom. The van der Waals surface area contributed by atoms with Crippen molar-refractivity contribution in [3.05, 3.63) is 10.4 Å².